The first kappa shape index (κ1) is 22.1. The number of H-pyrrole nitrogens is 1. The summed E-state index contributed by atoms with van der Waals surface area (Å²) in [5.74, 6) is -0.863. The number of likely N-dealkylation sites (tertiary alicyclic amines) is 1. The van der Waals surface area contributed by atoms with Crippen molar-refractivity contribution in [2.75, 3.05) is 42.6 Å². The molecule has 0 spiro atoms. The number of amides is 2. The lowest BCUT2D eigenvalue weighted by Crippen LogP contribution is -2.42. The number of nitrogens with one attached hydrogen (secondary N) is 2. The van der Waals surface area contributed by atoms with Crippen molar-refractivity contribution in [1.29, 1.82) is 0 Å². The molecule has 1 saturated heterocycles. The van der Waals surface area contributed by atoms with Crippen molar-refractivity contribution in [2.24, 2.45) is 0 Å². The number of aromatic amines is 1. The highest BCUT2D eigenvalue weighted by atomic mass is 16.2. The summed E-state index contributed by atoms with van der Waals surface area (Å²) in [5, 5.41) is 9.80. The van der Waals surface area contributed by atoms with Crippen LogP contribution in [0.2, 0.25) is 0 Å². The standard InChI is InChI=1S/C13H16N6O2.C9H13N/c14-11-8-6-16-18-10(8)9(7-15-11)17-12(20)13(21)19-4-2-1-3-5-19;1-3-10(2)9-7-5-4-6-8-9/h6-7H,1-5H2,(H2,14,15)(H,16,18)(H,17,20);4-8H,3H2,1-2H3. The summed E-state index contributed by atoms with van der Waals surface area (Å²) >= 11 is 0. The van der Waals surface area contributed by atoms with Crippen LogP contribution in [0, 0.1) is 0 Å². The molecule has 1 fully saturated rings. The van der Waals surface area contributed by atoms with Gasteiger partial charge in [-0.1, -0.05) is 18.2 Å². The maximum absolute atomic E-state index is 12.1. The Balaban J connectivity index is 0.000000229. The molecular weight excluding hydrogens is 394 g/mol. The van der Waals surface area contributed by atoms with Gasteiger partial charge >= 0.3 is 11.8 Å². The smallest absolute Gasteiger partial charge is 0.314 e. The van der Waals surface area contributed by atoms with Crippen LogP contribution in [-0.4, -0.2) is 58.6 Å². The third kappa shape index (κ3) is 5.50. The van der Waals surface area contributed by atoms with Gasteiger partial charge in [0.05, 0.1) is 29.0 Å². The third-order valence-corrected chi connectivity index (χ3v) is 5.27. The Bertz CT molecular complexity index is 1010. The van der Waals surface area contributed by atoms with Gasteiger partial charge in [0, 0.05) is 32.4 Å². The van der Waals surface area contributed by atoms with Crippen LogP contribution in [0.3, 0.4) is 0 Å². The second kappa shape index (κ2) is 10.4. The Hall–Kier alpha value is -3.62. The fourth-order valence-corrected chi connectivity index (χ4v) is 3.33. The number of carbonyl (C=O) groups is 2. The number of para-hydroxylation sites is 1. The van der Waals surface area contributed by atoms with Gasteiger partial charge in [-0.05, 0) is 38.3 Å². The molecule has 9 nitrogen and oxygen atoms in total. The van der Waals surface area contributed by atoms with Gasteiger partial charge in [0.25, 0.3) is 0 Å². The second-order valence-corrected chi connectivity index (χ2v) is 7.37. The molecule has 164 valence electrons. The number of rotatable bonds is 3. The van der Waals surface area contributed by atoms with E-state index in [9.17, 15) is 9.59 Å². The predicted octanol–water partition coefficient (Wildman–Crippen LogP) is 2.63. The lowest BCUT2D eigenvalue weighted by atomic mass is 10.1. The van der Waals surface area contributed by atoms with E-state index in [0.29, 0.717) is 35.5 Å². The summed E-state index contributed by atoms with van der Waals surface area (Å²) in [6, 6.07) is 10.4. The molecule has 2 aromatic heterocycles. The first-order valence-corrected chi connectivity index (χ1v) is 10.4. The lowest BCUT2D eigenvalue weighted by Gasteiger charge is -2.25. The van der Waals surface area contributed by atoms with Gasteiger partial charge in [-0.15, -0.1) is 0 Å². The van der Waals surface area contributed by atoms with Crippen molar-refractivity contribution in [3.63, 3.8) is 0 Å². The molecule has 31 heavy (non-hydrogen) atoms. The number of nitrogen functional groups attached to an aromatic ring is 1. The Labute approximate surface area is 181 Å². The van der Waals surface area contributed by atoms with Crippen molar-refractivity contribution >= 4 is 39.9 Å². The fourth-order valence-electron chi connectivity index (χ4n) is 3.33. The molecular formula is C22H29N7O2. The number of hydrogen-bond acceptors (Lipinski definition) is 6. The van der Waals surface area contributed by atoms with E-state index in [1.807, 2.05) is 6.07 Å². The van der Waals surface area contributed by atoms with Gasteiger partial charge in [0.2, 0.25) is 0 Å². The molecule has 9 heteroatoms. The summed E-state index contributed by atoms with van der Waals surface area (Å²) in [7, 11) is 2.09. The summed E-state index contributed by atoms with van der Waals surface area (Å²) in [4.78, 5) is 31.9. The Morgan fingerprint density at radius 3 is 2.55 bits per heavy atom. The molecule has 3 aromatic rings. The van der Waals surface area contributed by atoms with Crippen molar-refractivity contribution in [3.8, 4) is 0 Å². The van der Waals surface area contributed by atoms with Crippen molar-refractivity contribution in [2.45, 2.75) is 26.2 Å². The third-order valence-electron chi connectivity index (χ3n) is 5.27. The van der Waals surface area contributed by atoms with Crippen molar-refractivity contribution in [1.82, 2.24) is 20.1 Å². The number of hydrogen-bond donors (Lipinski definition) is 3. The quantitative estimate of drug-likeness (QED) is 0.557. The Morgan fingerprint density at radius 1 is 1.16 bits per heavy atom. The minimum absolute atomic E-state index is 0.319. The number of benzene rings is 1. The van der Waals surface area contributed by atoms with Gasteiger partial charge < -0.3 is 20.9 Å². The van der Waals surface area contributed by atoms with E-state index in [1.54, 1.807) is 4.90 Å². The predicted molar refractivity (Wildman–Crippen MR) is 123 cm³/mol. The summed E-state index contributed by atoms with van der Waals surface area (Å²) in [6.07, 6.45) is 5.92. The zero-order valence-electron chi connectivity index (χ0n) is 18.0. The maximum atomic E-state index is 12.1. The topological polar surface area (TPSA) is 120 Å². The molecule has 0 atom stereocenters. The average molecular weight is 424 g/mol. The average Bonchev–Trinajstić information content (AvgIpc) is 3.32. The minimum Gasteiger partial charge on any atom is -0.383 e. The van der Waals surface area contributed by atoms with Crippen LogP contribution in [0.1, 0.15) is 26.2 Å². The SMILES string of the molecule is CCN(C)c1ccccc1.Nc1ncc(NC(=O)C(=O)N2CCCCC2)c2[nH]ncc12. The molecule has 0 bridgehead atoms. The molecule has 0 saturated carbocycles. The van der Waals surface area contributed by atoms with Crippen molar-refractivity contribution in [3.05, 3.63) is 42.7 Å². The zero-order chi connectivity index (χ0) is 22.2. The van der Waals surface area contributed by atoms with Gasteiger partial charge in [-0.25, -0.2) is 4.98 Å². The molecule has 0 unspecified atom stereocenters. The Morgan fingerprint density at radius 2 is 1.87 bits per heavy atom. The number of carbonyl (C=O) groups excluding carboxylic acids is 2. The Kier molecular flexibility index (Phi) is 7.42. The number of nitrogens with zero attached hydrogens (tertiary/aromatic N) is 4. The number of fused-ring (bicyclic) bond motifs is 1. The molecule has 4 rings (SSSR count). The maximum Gasteiger partial charge on any atom is 0.314 e. The number of piperidine rings is 1. The van der Waals surface area contributed by atoms with E-state index in [-0.39, 0.29) is 0 Å². The first-order valence-electron chi connectivity index (χ1n) is 10.4. The minimum atomic E-state index is -0.667. The highest BCUT2D eigenvalue weighted by Gasteiger charge is 2.24. The van der Waals surface area contributed by atoms with Crippen LogP contribution >= 0.6 is 0 Å². The zero-order valence-corrected chi connectivity index (χ0v) is 18.0. The normalized spacial score (nSPS) is 13.3. The largest absolute Gasteiger partial charge is 0.383 e. The summed E-state index contributed by atoms with van der Waals surface area (Å²) < 4.78 is 0. The van der Waals surface area contributed by atoms with E-state index >= 15 is 0 Å². The van der Waals surface area contributed by atoms with Crippen LogP contribution in [-0.2, 0) is 9.59 Å². The molecule has 1 aliphatic rings. The van der Waals surface area contributed by atoms with E-state index in [2.05, 4.69) is 63.6 Å². The monoisotopic (exact) mass is 423 g/mol. The number of anilines is 3. The number of aromatic nitrogens is 3. The van der Waals surface area contributed by atoms with Crippen molar-refractivity contribution < 1.29 is 9.59 Å². The van der Waals surface area contributed by atoms with Crippen LogP contribution in [0.25, 0.3) is 10.9 Å². The number of nitrogens with two attached hydrogens (primary N) is 1. The van der Waals surface area contributed by atoms with Gasteiger partial charge in [-0.3, -0.25) is 14.7 Å². The highest BCUT2D eigenvalue weighted by molar-refractivity contribution is 6.40. The fraction of sp³-hybridized carbons (Fsp3) is 0.364. The molecule has 0 radical (unpaired) electrons. The summed E-state index contributed by atoms with van der Waals surface area (Å²) in [6.45, 7) is 4.47. The molecule has 3 heterocycles. The molecule has 4 N–H and O–H groups in total. The summed E-state index contributed by atoms with van der Waals surface area (Å²) in [5.41, 5.74) is 7.95. The molecule has 2 amide bonds. The lowest BCUT2D eigenvalue weighted by molar-refractivity contribution is -0.143. The van der Waals surface area contributed by atoms with Gasteiger partial charge in [-0.2, -0.15) is 5.10 Å². The molecule has 1 aliphatic heterocycles. The van der Waals surface area contributed by atoms with Crippen LogP contribution in [0.5, 0.6) is 0 Å². The second-order valence-electron chi connectivity index (χ2n) is 7.37. The van der Waals surface area contributed by atoms with E-state index < -0.39 is 11.8 Å². The van der Waals surface area contributed by atoms with Crippen LogP contribution in [0.4, 0.5) is 17.2 Å². The van der Waals surface area contributed by atoms with E-state index in [1.165, 1.54) is 18.1 Å². The number of pyridine rings is 1. The van der Waals surface area contributed by atoms with Crippen LogP contribution < -0.4 is 16.0 Å². The van der Waals surface area contributed by atoms with E-state index in [4.69, 9.17) is 5.73 Å². The van der Waals surface area contributed by atoms with E-state index in [0.717, 1.165) is 25.8 Å². The van der Waals surface area contributed by atoms with Gasteiger partial charge in [0.15, 0.2) is 0 Å². The molecule has 0 aliphatic carbocycles. The van der Waals surface area contributed by atoms with Crippen LogP contribution in [0.15, 0.2) is 42.7 Å². The van der Waals surface area contributed by atoms with Gasteiger partial charge in [0.1, 0.15) is 5.82 Å². The molecule has 1 aromatic carbocycles. The first-order chi connectivity index (χ1) is 15.0. The highest BCUT2D eigenvalue weighted by Crippen LogP contribution is 2.23.